The Bertz CT molecular complexity index is 534. The maximum Gasteiger partial charge on any atom is 0.123 e. The van der Waals surface area contributed by atoms with Crippen LogP contribution in [0.3, 0.4) is 0 Å². The number of hydrogen-bond donors (Lipinski definition) is 1. The third kappa shape index (κ3) is 2.90. The number of benzene rings is 2. The Hall–Kier alpha value is -1.80. The van der Waals surface area contributed by atoms with Crippen LogP contribution in [-0.4, -0.2) is 0 Å². The number of ether oxygens (including phenoxy) is 1. The van der Waals surface area contributed by atoms with Crippen molar-refractivity contribution in [1.82, 2.24) is 0 Å². The fourth-order valence-corrected chi connectivity index (χ4v) is 1.85. The molecular formula is C16H19NO. The Balaban J connectivity index is 2.13. The molecule has 0 fully saturated rings. The molecule has 2 aromatic carbocycles. The molecule has 0 unspecified atom stereocenters. The second-order valence-corrected chi connectivity index (χ2v) is 4.52. The molecule has 2 heteroatoms. The van der Waals surface area contributed by atoms with Gasteiger partial charge in [0.1, 0.15) is 12.4 Å². The lowest BCUT2D eigenvalue weighted by Crippen LogP contribution is -2.01. The normalized spacial score (nSPS) is 10.4. The van der Waals surface area contributed by atoms with Gasteiger partial charge in [-0.1, -0.05) is 36.4 Å². The van der Waals surface area contributed by atoms with Gasteiger partial charge in [0.05, 0.1) is 0 Å². The SMILES string of the molecule is Cc1ccccc1COc1cc(CN)ccc1C. The van der Waals surface area contributed by atoms with Crippen molar-refractivity contribution in [3.8, 4) is 5.75 Å². The number of nitrogens with two attached hydrogens (primary N) is 1. The Morgan fingerprint density at radius 2 is 1.78 bits per heavy atom. The summed E-state index contributed by atoms with van der Waals surface area (Å²) in [5.41, 5.74) is 10.4. The van der Waals surface area contributed by atoms with Crippen molar-refractivity contribution >= 4 is 0 Å². The van der Waals surface area contributed by atoms with Crippen LogP contribution in [0.2, 0.25) is 0 Å². The molecule has 0 bridgehead atoms. The van der Waals surface area contributed by atoms with E-state index in [9.17, 15) is 0 Å². The van der Waals surface area contributed by atoms with E-state index in [1.54, 1.807) is 0 Å². The zero-order chi connectivity index (χ0) is 13.0. The number of hydrogen-bond acceptors (Lipinski definition) is 2. The Morgan fingerprint density at radius 3 is 2.50 bits per heavy atom. The minimum absolute atomic E-state index is 0.543. The number of rotatable bonds is 4. The number of aryl methyl sites for hydroxylation is 2. The Labute approximate surface area is 108 Å². The van der Waals surface area contributed by atoms with Gasteiger partial charge in [0.15, 0.2) is 0 Å². The highest BCUT2D eigenvalue weighted by molar-refractivity contribution is 5.37. The predicted molar refractivity (Wildman–Crippen MR) is 74.6 cm³/mol. The van der Waals surface area contributed by atoms with Gasteiger partial charge in [-0.2, -0.15) is 0 Å². The molecule has 18 heavy (non-hydrogen) atoms. The fourth-order valence-electron chi connectivity index (χ4n) is 1.85. The van der Waals surface area contributed by atoms with Crippen LogP contribution in [0.5, 0.6) is 5.75 Å². The highest BCUT2D eigenvalue weighted by Crippen LogP contribution is 2.21. The lowest BCUT2D eigenvalue weighted by molar-refractivity contribution is 0.303. The van der Waals surface area contributed by atoms with Gasteiger partial charge in [0, 0.05) is 6.54 Å². The average Bonchev–Trinajstić information content (AvgIpc) is 2.39. The molecule has 94 valence electrons. The van der Waals surface area contributed by atoms with E-state index in [0.29, 0.717) is 13.2 Å². The lowest BCUT2D eigenvalue weighted by atomic mass is 10.1. The summed E-state index contributed by atoms with van der Waals surface area (Å²) in [6, 6.07) is 14.4. The van der Waals surface area contributed by atoms with Crippen LogP contribution in [0.15, 0.2) is 42.5 Å². The summed E-state index contributed by atoms with van der Waals surface area (Å²) in [6.07, 6.45) is 0. The molecule has 2 rings (SSSR count). The summed E-state index contributed by atoms with van der Waals surface area (Å²) in [4.78, 5) is 0. The van der Waals surface area contributed by atoms with Crippen molar-refractivity contribution in [3.63, 3.8) is 0 Å². The van der Waals surface area contributed by atoms with Crippen LogP contribution in [0, 0.1) is 13.8 Å². The zero-order valence-electron chi connectivity index (χ0n) is 10.9. The first kappa shape index (κ1) is 12.7. The summed E-state index contributed by atoms with van der Waals surface area (Å²) < 4.78 is 5.89. The molecule has 0 spiro atoms. The third-order valence-electron chi connectivity index (χ3n) is 3.13. The molecule has 0 aliphatic carbocycles. The second-order valence-electron chi connectivity index (χ2n) is 4.52. The molecule has 0 amide bonds. The lowest BCUT2D eigenvalue weighted by Gasteiger charge is -2.12. The van der Waals surface area contributed by atoms with Gasteiger partial charge in [0.25, 0.3) is 0 Å². The summed E-state index contributed by atoms with van der Waals surface area (Å²) in [6.45, 7) is 5.29. The first-order valence-electron chi connectivity index (χ1n) is 6.17. The van der Waals surface area contributed by atoms with Gasteiger partial charge in [-0.15, -0.1) is 0 Å². The Morgan fingerprint density at radius 1 is 1.00 bits per heavy atom. The molecular weight excluding hydrogens is 222 g/mol. The van der Waals surface area contributed by atoms with E-state index >= 15 is 0 Å². The monoisotopic (exact) mass is 241 g/mol. The van der Waals surface area contributed by atoms with Crippen LogP contribution in [0.4, 0.5) is 0 Å². The summed E-state index contributed by atoms with van der Waals surface area (Å²) in [5.74, 6) is 0.918. The minimum atomic E-state index is 0.543. The summed E-state index contributed by atoms with van der Waals surface area (Å²) in [7, 11) is 0. The van der Waals surface area contributed by atoms with Crippen molar-refractivity contribution in [2.24, 2.45) is 5.73 Å². The Kier molecular flexibility index (Phi) is 4.00. The minimum Gasteiger partial charge on any atom is -0.489 e. The van der Waals surface area contributed by atoms with Crippen LogP contribution in [0.25, 0.3) is 0 Å². The molecule has 0 saturated carbocycles. The molecule has 0 heterocycles. The maximum absolute atomic E-state index is 5.89. The van der Waals surface area contributed by atoms with Gasteiger partial charge in [0.2, 0.25) is 0 Å². The quantitative estimate of drug-likeness (QED) is 0.891. The van der Waals surface area contributed by atoms with E-state index in [4.69, 9.17) is 10.5 Å². The smallest absolute Gasteiger partial charge is 0.123 e. The summed E-state index contributed by atoms with van der Waals surface area (Å²) in [5, 5.41) is 0. The molecule has 0 aliphatic rings. The standard InChI is InChI=1S/C16H19NO/c1-12-5-3-4-6-15(12)11-18-16-9-14(10-17)8-7-13(16)2/h3-9H,10-11,17H2,1-2H3. The zero-order valence-corrected chi connectivity index (χ0v) is 10.9. The molecule has 0 aliphatic heterocycles. The fraction of sp³-hybridized carbons (Fsp3) is 0.250. The van der Waals surface area contributed by atoms with Gasteiger partial charge in [-0.05, 0) is 42.2 Å². The van der Waals surface area contributed by atoms with Gasteiger partial charge in [-0.3, -0.25) is 0 Å². The van der Waals surface area contributed by atoms with Crippen molar-refractivity contribution in [2.45, 2.75) is 27.0 Å². The van der Waals surface area contributed by atoms with E-state index in [-0.39, 0.29) is 0 Å². The van der Waals surface area contributed by atoms with E-state index in [1.165, 1.54) is 11.1 Å². The summed E-state index contributed by atoms with van der Waals surface area (Å²) >= 11 is 0. The van der Waals surface area contributed by atoms with E-state index in [1.807, 2.05) is 31.2 Å². The van der Waals surface area contributed by atoms with Crippen molar-refractivity contribution in [2.75, 3.05) is 0 Å². The van der Waals surface area contributed by atoms with Crippen molar-refractivity contribution < 1.29 is 4.74 Å². The topological polar surface area (TPSA) is 35.2 Å². The van der Waals surface area contributed by atoms with Crippen LogP contribution in [-0.2, 0) is 13.2 Å². The molecule has 2 nitrogen and oxygen atoms in total. The van der Waals surface area contributed by atoms with Crippen LogP contribution < -0.4 is 10.5 Å². The maximum atomic E-state index is 5.89. The third-order valence-corrected chi connectivity index (χ3v) is 3.13. The first-order chi connectivity index (χ1) is 8.70. The second kappa shape index (κ2) is 5.69. The van der Waals surface area contributed by atoms with Crippen LogP contribution in [0.1, 0.15) is 22.3 Å². The highest BCUT2D eigenvalue weighted by atomic mass is 16.5. The van der Waals surface area contributed by atoms with Crippen LogP contribution >= 0.6 is 0 Å². The molecule has 0 radical (unpaired) electrons. The van der Waals surface area contributed by atoms with Gasteiger partial charge in [-0.25, -0.2) is 0 Å². The van der Waals surface area contributed by atoms with E-state index in [2.05, 4.69) is 25.1 Å². The molecule has 0 aromatic heterocycles. The van der Waals surface area contributed by atoms with Gasteiger partial charge < -0.3 is 10.5 Å². The largest absolute Gasteiger partial charge is 0.489 e. The molecule has 2 aromatic rings. The van der Waals surface area contributed by atoms with Crippen molar-refractivity contribution in [1.29, 1.82) is 0 Å². The predicted octanol–water partition coefficient (Wildman–Crippen LogP) is 3.34. The van der Waals surface area contributed by atoms with E-state index in [0.717, 1.165) is 16.9 Å². The molecule has 0 saturated heterocycles. The van der Waals surface area contributed by atoms with Gasteiger partial charge >= 0.3 is 0 Å². The average molecular weight is 241 g/mol. The van der Waals surface area contributed by atoms with E-state index < -0.39 is 0 Å². The highest BCUT2D eigenvalue weighted by Gasteiger charge is 2.03. The van der Waals surface area contributed by atoms with Crippen molar-refractivity contribution in [3.05, 3.63) is 64.7 Å². The molecule has 2 N–H and O–H groups in total. The first-order valence-corrected chi connectivity index (χ1v) is 6.17. The molecule has 0 atom stereocenters.